The third kappa shape index (κ3) is 4.95. The quantitative estimate of drug-likeness (QED) is 0.612. The number of nitrogens with zero attached hydrogens (tertiary/aromatic N) is 4. The third-order valence-corrected chi connectivity index (χ3v) is 6.80. The van der Waals surface area contributed by atoms with Crippen LogP contribution in [-0.4, -0.2) is 33.6 Å². The van der Waals surface area contributed by atoms with Crippen LogP contribution < -0.4 is 15.8 Å². The van der Waals surface area contributed by atoms with E-state index in [9.17, 15) is 9.59 Å². The lowest BCUT2D eigenvalue weighted by Gasteiger charge is -2.30. The highest BCUT2D eigenvalue weighted by atomic mass is 32.1. The largest absolute Gasteiger partial charge is 0.352 e. The first-order valence-electron chi connectivity index (χ1n) is 11.1. The van der Waals surface area contributed by atoms with E-state index in [1.807, 2.05) is 0 Å². The lowest BCUT2D eigenvalue weighted by molar-refractivity contribution is -0.125. The van der Waals surface area contributed by atoms with Gasteiger partial charge < -0.3 is 10.2 Å². The molecule has 0 radical (unpaired) electrons. The van der Waals surface area contributed by atoms with Gasteiger partial charge in [-0.15, -0.1) is 5.10 Å². The second-order valence-corrected chi connectivity index (χ2v) is 9.00. The smallest absolute Gasteiger partial charge is 0.275 e. The molecule has 1 aromatic carbocycles. The first kappa shape index (κ1) is 21.5. The molecule has 0 bridgehead atoms. The van der Waals surface area contributed by atoms with Crippen LogP contribution in [0.4, 0.5) is 5.13 Å². The van der Waals surface area contributed by atoms with Gasteiger partial charge in [-0.25, -0.2) is 4.98 Å². The topological polar surface area (TPSA) is 79.6 Å². The zero-order chi connectivity index (χ0) is 21.8. The minimum absolute atomic E-state index is 0.0116. The molecule has 31 heavy (non-hydrogen) atoms. The summed E-state index contributed by atoms with van der Waals surface area (Å²) in [6.07, 6.45) is 4.32. The molecule has 8 heteroatoms. The summed E-state index contributed by atoms with van der Waals surface area (Å²) in [5, 5.41) is 8.36. The van der Waals surface area contributed by atoms with E-state index in [0.29, 0.717) is 11.5 Å². The van der Waals surface area contributed by atoms with Crippen LogP contribution in [0.3, 0.4) is 0 Å². The summed E-state index contributed by atoms with van der Waals surface area (Å²) >= 11 is 1.44. The fraction of sp³-hybridized carbons (Fsp3) is 0.478. The number of aromatic nitrogens is 3. The maximum absolute atomic E-state index is 12.6. The number of nitrogens with one attached hydrogen (secondary N) is 1. The van der Waals surface area contributed by atoms with E-state index < -0.39 is 0 Å². The van der Waals surface area contributed by atoms with Crippen LogP contribution >= 0.6 is 11.3 Å². The first-order chi connectivity index (χ1) is 15.1. The van der Waals surface area contributed by atoms with Crippen molar-refractivity contribution in [2.75, 3.05) is 18.0 Å². The zero-order valence-electron chi connectivity index (χ0n) is 18.1. The Balaban J connectivity index is 1.34. The molecule has 2 aromatic heterocycles. The summed E-state index contributed by atoms with van der Waals surface area (Å²) in [7, 11) is 0. The Hall–Kier alpha value is -2.74. The van der Waals surface area contributed by atoms with Crippen molar-refractivity contribution in [2.45, 2.75) is 52.5 Å². The second kappa shape index (κ2) is 9.60. The number of piperidine rings is 1. The number of hydrogen-bond acceptors (Lipinski definition) is 6. The number of hydrogen-bond donors (Lipinski definition) is 1. The van der Waals surface area contributed by atoms with Crippen molar-refractivity contribution in [2.24, 2.45) is 5.92 Å². The molecule has 3 aromatic rings. The van der Waals surface area contributed by atoms with Gasteiger partial charge >= 0.3 is 0 Å². The van der Waals surface area contributed by atoms with Gasteiger partial charge in [-0.2, -0.15) is 4.52 Å². The second-order valence-electron chi connectivity index (χ2n) is 8.06. The fourth-order valence-electron chi connectivity index (χ4n) is 3.92. The standard InChI is InChI=1S/C23H29N5O2S/c1-3-5-19-14-20(29)28-22(25-19)31-23(26-28)27-12-10-18(11-13-27)21(30)24-15-17-8-6-16(4-2)7-9-17/h6-9,14,18H,3-5,10-13,15H2,1-2H3,(H,24,30). The van der Waals surface area contributed by atoms with Crippen LogP contribution in [0.2, 0.25) is 0 Å². The van der Waals surface area contributed by atoms with Gasteiger partial charge in [-0.1, -0.05) is 55.9 Å². The van der Waals surface area contributed by atoms with E-state index in [4.69, 9.17) is 0 Å². The third-order valence-electron chi connectivity index (χ3n) is 5.83. The average molecular weight is 440 g/mol. The van der Waals surface area contributed by atoms with E-state index in [2.05, 4.69) is 58.4 Å². The maximum atomic E-state index is 12.6. The van der Waals surface area contributed by atoms with Crippen molar-refractivity contribution in [1.82, 2.24) is 19.9 Å². The molecule has 7 nitrogen and oxygen atoms in total. The summed E-state index contributed by atoms with van der Waals surface area (Å²) in [6.45, 7) is 6.27. The molecule has 0 spiro atoms. The Morgan fingerprint density at radius 3 is 2.55 bits per heavy atom. The van der Waals surface area contributed by atoms with Crippen LogP contribution in [0.25, 0.3) is 4.96 Å². The van der Waals surface area contributed by atoms with Gasteiger partial charge in [0.15, 0.2) is 0 Å². The molecular weight excluding hydrogens is 410 g/mol. The molecule has 1 aliphatic heterocycles. The number of rotatable bonds is 7. The van der Waals surface area contributed by atoms with E-state index in [1.165, 1.54) is 21.4 Å². The molecule has 1 amide bonds. The summed E-state index contributed by atoms with van der Waals surface area (Å²) in [5.41, 5.74) is 3.12. The molecule has 0 unspecified atom stereocenters. The molecule has 0 aliphatic carbocycles. The van der Waals surface area contributed by atoms with Crippen LogP contribution in [0.1, 0.15) is 49.9 Å². The molecule has 1 aliphatic rings. The Morgan fingerprint density at radius 1 is 1.16 bits per heavy atom. The number of amides is 1. The number of anilines is 1. The number of benzene rings is 1. The highest BCUT2D eigenvalue weighted by Crippen LogP contribution is 2.27. The van der Waals surface area contributed by atoms with Gasteiger partial charge in [-0.05, 0) is 36.8 Å². The molecule has 1 saturated heterocycles. The first-order valence-corrected chi connectivity index (χ1v) is 11.9. The minimum atomic E-state index is -0.128. The summed E-state index contributed by atoms with van der Waals surface area (Å²) in [6, 6.07) is 9.96. The Morgan fingerprint density at radius 2 is 1.87 bits per heavy atom. The predicted molar refractivity (Wildman–Crippen MR) is 124 cm³/mol. The maximum Gasteiger partial charge on any atom is 0.275 e. The molecule has 164 valence electrons. The lowest BCUT2D eigenvalue weighted by atomic mass is 9.96. The van der Waals surface area contributed by atoms with Gasteiger partial charge in [-0.3, -0.25) is 9.59 Å². The van der Waals surface area contributed by atoms with E-state index >= 15 is 0 Å². The molecule has 0 atom stereocenters. The van der Waals surface area contributed by atoms with Crippen molar-refractivity contribution < 1.29 is 4.79 Å². The Labute approximate surface area is 186 Å². The van der Waals surface area contributed by atoms with Crippen LogP contribution in [-0.2, 0) is 24.2 Å². The van der Waals surface area contributed by atoms with Crippen LogP contribution in [0, 0.1) is 5.92 Å². The Kier molecular flexibility index (Phi) is 6.65. The SMILES string of the molecule is CCCc1cc(=O)n2nc(N3CCC(C(=O)NCc4ccc(CC)cc4)CC3)sc2n1. The van der Waals surface area contributed by atoms with Crippen molar-refractivity contribution in [3.63, 3.8) is 0 Å². The monoisotopic (exact) mass is 439 g/mol. The van der Waals surface area contributed by atoms with Gasteiger partial charge in [0.25, 0.3) is 5.56 Å². The van der Waals surface area contributed by atoms with Crippen molar-refractivity contribution in [3.8, 4) is 0 Å². The summed E-state index contributed by atoms with van der Waals surface area (Å²) in [5.74, 6) is 0.128. The van der Waals surface area contributed by atoms with Gasteiger partial charge in [0.2, 0.25) is 16.0 Å². The summed E-state index contributed by atoms with van der Waals surface area (Å²) in [4.78, 5) is 32.3. The van der Waals surface area contributed by atoms with E-state index in [0.717, 1.165) is 61.6 Å². The summed E-state index contributed by atoms with van der Waals surface area (Å²) < 4.78 is 1.39. The van der Waals surface area contributed by atoms with E-state index in [-0.39, 0.29) is 17.4 Å². The van der Waals surface area contributed by atoms with Crippen LogP contribution in [0.15, 0.2) is 35.1 Å². The highest BCUT2D eigenvalue weighted by Gasteiger charge is 2.26. The van der Waals surface area contributed by atoms with Crippen molar-refractivity contribution >= 4 is 27.3 Å². The van der Waals surface area contributed by atoms with Gasteiger partial charge in [0.1, 0.15) is 0 Å². The molecule has 1 fully saturated rings. The number of aryl methyl sites for hydroxylation is 2. The van der Waals surface area contributed by atoms with Gasteiger partial charge in [0.05, 0.1) is 0 Å². The molecule has 1 N–H and O–H groups in total. The Bertz CT molecular complexity index is 1100. The van der Waals surface area contributed by atoms with Gasteiger partial charge in [0, 0.05) is 37.3 Å². The highest BCUT2D eigenvalue weighted by molar-refractivity contribution is 7.20. The van der Waals surface area contributed by atoms with Crippen molar-refractivity contribution in [3.05, 3.63) is 57.5 Å². The molecular formula is C23H29N5O2S. The number of carbonyl (C=O) groups is 1. The van der Waals surface area contributed by atoms with Crippen LogP contribution in [0.5, 0.6) is 0 Å². The molecule has 4 rings (SSSR count). The lowest BCUT2D eigenvalue weighted by Crippen LogP contribution is -2.40. The number of carbonyl (C=O) groups excluding carboxylic acids is 1. The minimum Gasteiger partial charge on any atom is -0.352 e. The molecule has 0 saturated carbocycles. The zero-order valence-corrected chi connectivity index (χ0v) is 19.0. The van der Waals surface area contributed by atoms with Crippen molar-refractivity contribution in [1.29, 1.82) is 0 Å². The number of fused-ring (bicyclic) bond motifs is 1. The van der Waals surface area contributed by atoms with E-state index in [1.54, 1.807) is 6.07 Å². The normalized spacial score (nSPS) is 14.8. The average Bonchev–Trinajstić information content (AvgIpc) is 3.23. The molecule has 3 heterocycles. The fourth-order valence-corrected chi connectivity index (χ4v) is 4.90. The predicted octanol–water partition coefficient (Wildman–Crippen LogP) is 3.20.